The Hall–Kier alpha value is -1.50. The molecule has 3 aliphatic rings. The number of nitrogens with zero attached hydrogens (tertiary/aromatic N) is 2. The second-order valence-electron chi connectivity index (χ2n) is 7.38. The summed E-state index contributed by atoms with van der Waals surface area (Å²) in [4.78, 5) is 18.7. The highest BCUT2D eigenvalue weighted by Gasteiger charge is 2.47. The van der Waals surface area contributed by atoms with E-state index in [0.717, 1.165) is 37.8 Å². The maximum absolute atomic E-state index is 12.7. The number of hydrogen-bond donors (Lipinski definition) is 0. The first-order valence-electron chi connectivity index (χ1n) is 9.25. The van der Waals surface area contributed by atoms with Crippen LogP contribution in [0.3, 0.4) is 0 Å². The quantitative estimate of drug-likeness (QED) is 0.832. The molecule has 25 heavy (non-hydrogen) atoms. The molecule has 2 atom stereocenters. The molecule has 6 heteroatoms. The molecule has 4 heterocycles. The zero-order valence-electron chi connectivity index (χ0n) is 14.6. The summed E-state index contributed by atoms with van der Waals surface area (Å²) in [5, 5.41) is 0. The molecule has 0 radical (unpaired) electrons. The summed E-state index contributed by atoms with van der Waals surface area (Å²) < 4.78 is 17.5. The zero-order valence-corrected chi connectivity index (χ0v) is 14.6. The van der Waals surface area contributed by atoms with Crippen molar-refractivity contribution in [2.45, 2.75) is 44.0 Å². The van der Waals surface area contributed by atoms with Crippen molar-refractivity contribution in [1.82, 2.24) is 9.88 Å². The maximum atomic E-state index is 12.7. The minimum absolute atomic E-state index is 0.103. The third-order valence-electron chi connectivity index (χ3n) is 5.61. The lowest BCUT2D eigenvalue weighted by Crippen LogP contribution is -2.40. The lowest BCUT2D eigenvalue weighted by Gasteiger charge is -2.28. The van der Waals surface area contributed by atoms with Gasteiger partial charge in [0.15, 0.2) is 0 Å². The van der Waals surface area contributed by atoms with Crippen LogP contribution in [-0.2, 0) is 25.6 Å². The number of likely N-dealkylation sites (tertiary alicyclic amines) is 1. The normalized spacial score (nSPS) is 30.2. The molecule has 0 saturated carbocycles. The fourth-order valence-electron chi connectivity index (χ4n) is 4.12. The standard InChI is InChI=1S/C19H26N2O4/c22-18(16-3-9-23-10-4-16)21-8-5-19(14-21)11-17(13-25-19)24-12-15-1-6-20-7-2-15/h1-2,6-7,16-17H,3-5,8-14H2/t17-,19+/m0/s1. The van der Waals surface area contributed by atoms with E-state index in [9.17, 15) is 4.79 Å². The molecule has 0 bridgehead atoms. The summed E-state index contributed by atoms with van der Waals surface area (Å²) in [5.41, 5.74) is 0.919. The van der Waals surface area contributed by atoms with Crippen LogP contribution in [0, 0.1) is 5.92 Å². The van der Waals surface area contributed by atoms with Crippen LogP contribution in [0.25, 0.3) is 0 Å². The molecular formula is C19H26N2O4. The Morgan fingerprint density at radius 1 is 1.32 bits per heavy atom. The van der Waals surface area contributed by atoms with E-state index >= 15 is 0 Å². The van der Waals surface area contributed by atoms with Gasteiger partial charge in [0.2, 0.25) is 5.91 Å². The minimum atomic E-state index is -0.205. The third kappa shape index (κ3) is 3.86. The second kappa shape index (κ2) is 7.40. The Balaban J connectivity index is 1.28. The molecule has 1 amide bonds. The van der Waals surface area contributed by atoms with Crippen molar-refractivity contribution in [1.29, 1.82) is 0 Å². The predicted octanol–water partition coefficient (Wildman–Crippen LogP) is 1.78. The fraction of sp³-hybridized carbons (Fsp3) is 0.684. The number of carbonyl (C=O) groups is 1. The highest BCUT2D eigenvalue weighted by molar-refractivity contribution is 5.79. The average Bonchev–Trinajstić information content (AvgIpc) is 3.28. The zero-order chi connectivity index (χ0) is 17.1. The van der Waals surface area contributed by atoms with Gasteiger partial charge in [-0.2, -0.15) is 0 Å². The van der Waals surface area contributed by atoms with E-state index in [1.54, 1.807) is 12.4 Å². The van der Waals surface area contributed by atoms with Crippen LogP contribution in [0.2, 0.25) is 0 Å². The van der Waals surface area contributed by atoms with Crippen LogP contribution in [0.15, 0.2) is 24.5 Å². The van der Waals surface area contributed by atoms with Crippen LogP contribution in [0.4, 0.5) is 0 Å². The lowest BCUT2D eigenvalue weighted by atomic mass is 9.97. The van der Waals surface area contributed by atoms with Gasteiger partial charge in [0.25, 0.3) is 0 Å². The molecule has 1 aromatic rings. The average molecular weight is 346 g/mol. The van der Waals surface area contributed by atoms with Crippen molar-refractivity contribution < 1.29 is 19.0 Å². The van der Waals surface area contributed by atoms with E-state index in [1.165, 1.54) is 0 Å². The van der Waals surface area contributed by atoms with Crippen molar-refractivity contribution in [2.75, 3.05) is 32.9 Å². The highest BCUT2D eigenvalue weighted by atomic mass is 16.6. The molecular weight excluding hydrogens is 320 g/mol. The molecule has 1 spiro atoms. The number of hydrogen-bond acceptors (Lipinski definition) is 5. The molecule has 136 valence electrons. The first kappa shape index (κ1) is 16.9. The summed E-state index contributed by atoms with van der Waals surface area (Å²) in [5.74, 6) is 0.411. The van der Waals surface area contributed by atoms with E-state index in [2.05, 4.69) is 4.98 Å². The number of pyridine rings is 1. The topological polar surface area (TPSA) is 60.9 Å². The predicted molar refractivity (Wildman–Crippen MR) is 90.9 cm³/mol. The van der Waals surface area contributed by atoms with Crippen LogP contribution in [0.5, 0.6) is 0 Å². The van der Waals surface area contributed by atoms with Gasteiger partial charge in [-0.05, 0) is 37.0 Å². The van der Waals surface area contributed by atoms with Crippen molar-refractivity contribution >= 4 is 5.91 Å². The van der Waals surface area contributed by atoms with Gasteiger partial charge in [-0.15, -0.1) is 0 Å². The van der Waals surface area contributed by atoms with Crippen LogP contribution in [0.1, 0.15) is 31.2 Å². The fourth-order valence-corrected chi connectivity index (χ4v) is 4.12. The molecule has 6 nitrogen and oxygen atoms in total. The SMILES string of the molecule is O=C(C1CCOCC1)N1CC[C@@]2(C[C@H](OCc3ccncc3)CO2)C1. The highest BCUT2D eigenvalue weighted by Crippen LogP contribution is 2.37. The third-order valence-corrected chi connectivity index (χ3v) is 5.61. The van der Waals surface area contributed by atoms with Gasteiger partial charge < -0.3 is 19.1 Å². The van der Waals surface area contributed by atoms with Crippen molar-refractivity contribution in [3.63, 3.8) is 0 Å². The number of ether oxygens (including phenoxy) is 3. The van der Waals surface area contributed by atoms with Crippen molar-refractivity contribution in [3.05, 3.63) is 30.1 Å². The molecule has 0 aliphatic carbocycles. The number of aromatic nitrogens is 1. The number of rotatable bonds is 4. The van der Waals surface area contributed by atoms with E-state index in [1.807, 2.05) is 17.0 Å². The van der Waals surface area contributed by atoms with E-state index in [4.69, 9.17) is 14.2 Å². The van der Waals surface area contributed by atoms with Crippen LogP contribution >= 0.6 is 0 Å². The van der Waals surface area contributed by atoms with Gasteiger partial charge in [0.05, 0.1) is 24.9 Å². The first-order valence-corrected chi connectivity index (χ1v) is 9.25. The van der Waals surface area contributed by atoms with Gasteiger partial charge >= 0.3 is 0 Å². The Labute approximate surface area is 148 Å². The molecule has 4 rings (SSSR count). The monoisotopic (exact) mass is 346 g/mol. The molecule has 3 fully saturated rings. The molecule has 0 N–H and O–H groups in total. The van der Waals surface area contributed by atoms with Gasteiger partial charge in [0, 0.05) is 51.0 Å². The van der Waals surface area contributed by atoms with E-state index in [0.29, 0.717) is 33.0 Å². The Morgan fingerprint density at radius 3 is 2.92 bits per heavy atom. The smallest absolute Gasteiger partial charge is 0.225 e. The molecule has 3 saturated heterocycles. The number of carbonyl (C=O) groups excluding carboxylic acids is 1. The largest absolute Gasteiger partial charge is 0.381 e. The summed E-state index contributed by atoms with van der Waals surface area (Å²) >= 11 is 0. The first-order chi connectivity index (χ1) is 12.2. The Kier molecular flexibility index (Phi) is 5.01. The Morgan fingerprint density at radius 2 is 2.12 bits per heavy atom. The van der Waals surface area contributed by atoms with Crippen molar-refractivity contribution in [3.8, 4) is 0 Å². The number of amides is 1. The van der Waals surface area contributed by atoms with E-state index < -0.39 is 0 Å². The van der Waals surface area contributed by atoms with E-state index in [-0.39, 0.29) is 23.5 Å². The van der Waals surface area contributed by atoms with Crippen LogP contribution < -0.4 is 0 Å². The molecule has 0 aromatic carbocycles. The van der Waals surface area contributed by atoms with Gasteiger partial charge in [-0.25, -0.2) is 0 Å². The summed E-state index contributed by atoms with van der Waals surface area (Å²) in [6.45, 7) is 4.11. The van der Waals surface area contributed by atoms with Crippen LogP contribution in [-0.4, -0.2) is 60.4 Å². The lowest BCUT2D eigenvalue weighted by molar-refractivity contribution is -0.138. The minimum Gasteiger partial charge on any atom is -0.381 e. The van der Waals surface area contributed by atoms with Crippen molar-refractivity contribution in [2.24, 2.45) is 5.92 Å². The summed E-state index contributed by atoms with van der Waals surface area (Å²) in [6.07, 6.45) is 7.14. The molecule has 0 unspecified atom stereocenters. The maximum Gasteiger partial charge on any atom is 0.225 e. The second-order valence-corrected chi connectivity index (χ2v) is 7.38. The summed E-state index contributed by atoms with van der Waals surface area (Å²) in [6, 6.07) is 3.94. The molecule has 3 aliphatic heterocycles. The summed E-state index contributed by atoms with van der Waals surface area (Å²) in [7, 11) is 0. The van der Waals surface area contributed by atoms with Gasteiger partial charge in [0.1, 0.15) is 0 Å². The van der Waals surface area contributed by atoms with Gasteiger partial charge in [-0.3, -0.25) is 9.78 Å². The Bertz CT molecular complexity index is 590. The molecule has 1 aromatic heterocycles. The van der Waals surface area contributed by atoms with Gasteiger partial charge in [-0.1, -0.05) is 0 Å².